The normalized spacial score (nSPS) is 41.7. The van der Waals surface area contributed by atoms with Crippen molar-refractivity contribution in [1.82, 2.24) is 10.2 Å². The van der Waals surface area contributed by atoms with Crippen LogP contribution in [0.5, 0.6) is 0 Å². The van der Waals surface area contributed by atoms with Crippen LogP contribution < -0.4 is 5.32 Å². The number of carbonyl (C=O) groups excluding carboxylic acids is 1. The van der Waals surface area contributed by atoms with Crippen molar-refractivity contribution in [2.75, 3.05) is 19.6 Å². The summed E-state index contributed by atoms with van der Waals surface area (Å²) >= 11 is 0. The summed E-state index contributed by atoms with van der Waals surface area (Å²) in [4.78, 5) is 13.7. The molecule has 0 spiro atoms. The average Bonchev–Trinajstić information content (AvgIpc) is 3.29. The lowest BCUT2D eigenvalue weighted by Crippen LogP contribution is -2.47. The highest BCUT2D eigenvalue weighted by atomic mass is 32.3. The minimum Gasteiger partial charge on any atom is -0.371 e. The van der Waals surface area contributed by atoms with Gasteiger partial charge in [0.15, 0.2) is 11.8 Å². The number of nitrogens with zero attached hydrogens (tertiary/aromatic N) is 2. The minimum atomic E-state index is -3.53. The molecule has 7 rings (SSSR count). The van der Waals surface area contributed by atoms with Crippen LogP contribution in [0.4, 0.5) is 0 Å². The van der Waals surface area contributed by atoms with Crippen molar-refractivity contribution in [1.29, 1.82) is 0 Å². The fourth-order valence-corrected chi connectivity index (χ4v) is 11.4. The van der Waals surface area contributed by atoms with Gasteiger partial charge < -0.3 is 28.6 Å². The zero-order valence-corrected chi connectivity index (χ0v) is 25.3. The average molecular weight is 575 g/mol. The fraction of sp³-hybridized carbons (Fsp3) is 0.806. The highest BCUT2D eigenvalue weighted by Crippen LogP contribution is 2.59. The highest BCUT2D eigenvalue weighted by Gasteiger charge is 2.62. The van der Waals surface area contributed by atoms with Gasteiger partial charge in [0.1, 0.15) is 6.54 Å². The Bertz CT molecular complexity index is 1190. The summed E-state index contributed by atoms with van der Waals surface area (Å²) in [5.74, 6) is 1.40. The molecule has 0 aromatic rings. The molecule has 5 heterocycles. The van der Waals surface area contributed by atoms with Gasteiger partial charge in [-0.15, -0.1) is 0 Å². The van der Waals surface area contributed by atoms with Crippen LogP contribution in [0.1, 0.15) is 79.1 Å². The van der Waals surface area contributed by atoms with Gasteiger partial charge >= 0.3 is 0 Å². The second-order valence-electron chi connectivity index (χ2n) is 14.8. The summed E-state index contributed by atoms with van der Waals surface area (Å²) in [6.07, 6.45) is 11.4. The number of nitrogens with one attached hydrogen (secondary N) is 1. The standard InChI is InChI=1S/C31H47N3O5S/c1-30(2)22-13-18(16-32-17-35)5-7-24(22)33-11-9-26-20(28(30)33)15-21-27(39-26)10-12-34-25-8-6-19(40(36,37)38)14-23(25)31(3,4)29(21)34/h15,17-19,22-27H,5-14,16H2,1-4H3,(H3-,32,35,36,37,38)/p+1. The van der Waals surface area contributed by atoms with E-state index in [2.05, 4.69) is 48.6 Å². The van der Waals surface area contributed by atoms with E-state index >= 15 is 0 Å². The van der Waals surface area contributed by atoms with Crippen LogP contribution in [0, 0.1) is 28.6 Å². The third kappa shape index (κ3) is 3.94. The Morgan fingerprint density at radius 1 is 1.02 bits per heavy atom. The second-order valence-corrected chi connectivity index (χ2v) is 16.6. The second kappa shape index (κ2) is 9.30. The van der Waals surface area contributed by atoms with Gasteiger partial charge in [0, 0.05) is 60.1 Å². The van der Waals surface area contributed by atoms with E-state index in [1.807, 2.05) is 0 Å². The fourth-order valence-electron chi connectivity index (χ4n) is 10.5. The van der Waals surface area contributed by atoms with Crippen LogP contribution >= 0.6 is 10.9 Å². The molecule has 7 aliphatic rings. The molecular weight excluding hydrogens is 526 g/mol. The molecule has 4 N–H and O–H groups in total. The molecule has 0 aromatic carbocycles. The molecule has 1 saturated heterocycles. The number of fused-ring (bicyclic) bond motifs is 8. The number of carbonyl (C=O) groups is 1. The maximum atomic E-state index is 11.0. The molecule has 5 aliphatic heterocycles. The van der Waals surface area contributed by atoms with Crippen LogP contribution in [-0.4, -0.2) is 84.4 Å². The Morgan fingerprint density at radius 3 is 2.58 bits per heavy atom. The van der Waals surface area contributed by atoms with Gasteiger partial charge in [-0.2, -0.15) is 0 Å². The molecule has 1 amide bonds. The van der Waals surface area contributed by atoms with Crippen LogP contribution in [-0.2, 0) is 9.53 Å². The van der Waals surface area contributed by atoms with E-state index < -0.39 is 16.1 Å². The first-order chi connectivity index (χ1) is 18.9. The number of hydrogen-bond acceptors (Lipinski definition) is 6. The SMILES string of the molecule is CC1(C)C2=C3C=C4C5=[N+](CCC4OC3CCN2C2CCC(CNC=O)CC21)C1CCC(S(O)(O)O)CC1C5(C)C. The molecule has 40 heavy (non-hydrogen) atoms. The first kappa shape index (κ1) is 27.4. The van der Waals surface area contributed by atoms with E-state index in [1.165, 1.54) is 35.4 Å². The van der Waals surface area contributed by atoms with Crippen LogP contribution in [0.25, 0.3) is 0 Å². The van der Waals surface area contributed by atoms with E-state index in [1.54, 1.807) is 0 Å². The molecular formula is C31H48N3O5S+. The van der Waals surface area contributed by atoms with Gasteiger partial charge in [-0.05, 0) is 70.3 Å². The summed E-state index contributed by atoms with van der Waals surface area (Å²) < 4.78 is 39.9. The van der Waals surface area contributed by atoms with E-state index in [-0.39, 0.29) is 29.0 Å². The van der Waals surface area contributed by atoms with E-state index in [9.17, 15) is 18.5 Å². The van der Waals surface area contributed by atoms with Crippen molar-refractivity contribution >= 4 is 23.0 Å². The summed E-state index contributed by atoms with van der Waals surface area (Å²) in [5, 5.41) is 2.51. The van der Waals surface area contributed by atoms with Crippen molar-refractivity contribution in [3.8, 4) is 0 Å². The first-order valence-electron chi connectivity index (χ1n) is 15.6. The van der Waals surface area contributed by atoms with Gasteiger partial charge in [0.05, 0.1) is 33.7 Å². The molecule has 8 nitrogen and oxygen atoms in total. The van der Waals surface area contributed by atoms with Gasteiger partial charge in [-0.1, -0.05) is 13.8 Å². The summed E-state index contributed by atoms with van der Waals surface area (Å²) in [5.41, 5.74) is 5.54. The van der Waals surface area contributed by atoms with Crippen molar-refractivity contribution in [3.05, 3.63) is 22.9 Å². The summed E-state index contributed by atoms with van der Waals surface area (Å²) in [7, 11) is -3.53. The zero-order valence-electron chi connectivity index (χ0n) is 24.5. The summed E-state index contributed by atoms with van der Waals surface area (Å²) in [6.45, 7) is 12.4. The highest BCUT2D eigenvalue weighted by molar-refractivity contribution is 8.19. The molecule has 222 valence electrons. The first-order valence-corrected chi connectivity index (χ1v) is 17.2. The monoisotopic (exact) mass is 574 g/mol. The van der Waals surface area contributed by atoms with Crippen LogP contribution in [0.15, 0.2) is 22.9 Å². The van der Waals surface area contributed by atoms with E-state index in [4.69, 9.17) is 4.74 Å². The maximum Gasteiger partial charge on any atom is 0.207 e. The molecule has 8 unspecified atom stereocenters. The number of rotatable bonds is 4. The number of ether oxygens (including phenoxy) is 1. The largest absolute Gasteiger partial charge is 0.371 e. The number of hydrogen-bond donors (Lipinski definition) is 4. The van der Waals surface area contributed by atoms with E-state index in [0.29, 0.717) is 36.8 Å². The Morgan fingerprint density at radius 2 is 1.82 bits per heavy atom. The molecule has 2 aliphatic carbocycles. The lowest BCUT2D eigenvalue weighted by atomic mass is 9.66. The lowest BCUT2D eigenvalue weighted by Gasteiger charge is -2.43. The molecule has 0 bridgehead atoms. The van der Waals surface area contributed by atoms with Gasteiger partial charge in [0.25, 0.3) is 0 Å². The predicted molar refractivity (Wildman–Crippen MR) is 156 cm³/mol. The molecule has 8 atom stereocenters. The number of allylic oxidation sites excluding steroid dienone is 1. The van der Waals surface area contributed by atoms with Crippen molar-refractivity contribution in [2.45, 2.75) is 109 Å². The lowest BCUT2D eigenvalue weighted by molar-refractivity contribution is -0.571. The van der Waals surface area contributed by atoms with Gasteiger partial charge in [-0.25, -0.2) is 4.58 Å². The molecule has 9 heteroatoms. The van der Waals surface area contributed by atoms with Crippen molar-refractivity contribution in [2.24, 2.45) is 28.6 Å². The number of amides is 1. The maximum absolute atomic E-state index is 11.0. The van der Waals surface area contributed by atoms with Gasteiger partial charge in [-0.3, -0.25) is 4.79 Å². The van der Waals surface area contributed by atoms with Crippen molar-refractivity contribution < 1.29 is 27.8 Å². The topological polar surface area (TPSA) is 105 Å². The quantitative estimate of drug-likeness (QED) is 0.282. The predicted octanol–water partition coefficient (Wildman–Crippen LogP) is 4.87. The van der Waals surface area contributed by atoms with E-state index in [0.717, 1.165) is 51.7 Å². The molecule has 2 saturated carbocycles. The Hall–Kier alpha value is -1.39. The Labute approximate surface area is 240 Å². The molecule has 3 fully saturated rings. The third-order valence-corrected chi connectivity index (χ3v) is 13.5. The third-order valence-electron chi connectivity index (χ3n) is 12.2. The Kier molecular flexibility index (Phi) is 6.38. The van der Waals surface area contributed by atoms with Crippen LogP contribution in [0.3, 0.4) is 0 Å². The Balaban J connectivity index is 1.27. The minimum absolute atomic E-state index is 0.0483. The zero-order chi connectivity index (χ0) is 28.2. The smallest absolute Gasteiger partial charge is 0.207 e. The van der Waals surface area contributed by atoms with Crippen LogP contribution in [0.2, 0.25) is 0 Å². The summed E-state index contributed by atoms with van der Waals surface area (Å²) in [6, 6.07) is 0.948. The molecule has 0 radical (unpaired) electrons. The molecule has 0 aromatic heterocycles. The van der Waals surface area contributed by atoms with Gasteiger partial charge in [0.2, 0.25) is 6.41 Å². The van der Waals surface area contributed by atoms with Crippen molar-refractivity contribution in [3.63, 3.8) is 0 Å².